The number of hydrogen-bond donors (Lipinski definition) is 0. The average molecular weight is 280 g/mol. The molecule has 0 radical (unpaired) electrons. The SMILES string of the molecule is C[C@@H](SC(C)(C)C)c1cccc(C(F)(F)F)c1F. The van der Waals surface area contributed by atoms with E-state index in [1.165, 1.54) is 23.9 Å². The Morgan fingerprint density at radius 2 is 1.67 bits per heavy atom. The highest BCUT2D eigenvalue weighted by Crippen LogP contribution is 2.41. The van der Waals surface area contributed by atoms with Gasteiger partial charge in [0, 0.05) is 15.6 Å². The minimum atomic E-state index is -4.65. The molecular formula is C13H16F4S. The number of alkyl halides is 3. The Balaban J connectivity index is 3.12. The summed E-state index contributed by atoms with van der Waals surface area (Å²) < 4.78 is 51.5. The van der Waals surface area contributed by atoms with Gasteiger partial charge in [-0.15, -0.1) is 11.8 Å². The predicted molar refractivity (Wildman–Crippen MR) is 67.2 cm³/mol. The van der Waals surface area contributed by atoms with Crippen molar-refractivity contribution in [2.45, 2.75) is 43.9 Å². The molecule has 18 heavy (non-hydrogen) atoms. The lowest BCUT2D eigenvalue weighted by Gasteiger charge is -2.24. The highest BCUT2D eigenvalue weighted by molar-refractivity contribution is 8.00. The summed E-state index contributed by atoms with van der Waals surface area (Å²) in [6.45, 7) is 7.55. The third-order valence-electron chi connectivity index (χ3n) is 2.30. The number of hydrogen-bond acceptors (Lipinski definition) is 1. The van der Waals surface area contributed by atoms with Gasteiger partial charge in [0.1, 0.15) is 5.82 Å². The van der Waals surface area contributed by atoms with Crippen molar-refractivity contribution in [1.29, 1.82) is 0 Å². The maximum absolute atomic E-state index is 13.9. The van der Waals surface area contributed by atoms with Crippen LogP contribution in [0, 0.1) is 5.82 Å². The van der Waals surface area contributed by atoms with Crippen molar-refractivity contribution in [3.05, 3.63) is 35.1 Å². The van der Waals surface area contributed by atoms with E-state index in [2.05, 4.69) is 0 Å². The van der Waals surface area contributed by atoms with Crippen LogP contribution in [-0.4, -0.2) is 4.75 Å². The molecule has 0 nitrogen and oxygen atoms in total. The lowest BCUT2D eigenvalue weighted by molar-refractivity contribution is -0.140. The maximum Gasteiger partial charge on any atom is 0.419 e. The van der Waals surface area contributed by atoms with Gasteiger partial charge < -0.3 is 0 Å². The van der Waals surface area contributed by atoms with Gasteiger partial charge in [-0.05, 0) is 13.0 Å². The smallest absolute Gasteiger partial charge is 0.206 e. The fourth-order valence-corrected chi connectivity index (χ4v) is 3.05. The van der Waals surface area contributed by atoms with Crippen molar-refractivity contribution in [1.82, 2.24) is 0 Å². The van der Waals surface area contributed by atoms with Crippen molar-refractivity contribution in [3.8, 4) is 0 Å². The fraction of sp³-hybridized carbons (Fsp3) is 0.538. The van der Waals surface area contributed by atoms with Crippen molar-refractivity contribution in [2.75, 3.05) is 0 Å². The van der Waals surface area contributed by atoms with E-state index in [1.807, 2.05) is 20.8 Å². The molecule has 0 fully saturated rings. The van der Waals surface area contributed by atoms with E-state index in [9.17, 15) is 17.6 Å². The predicted octanol–water partition coefficient (Wildman–Crippen LogP) is 5.44. The van der Waals surface area contributed by atoms with Crippen molar-refractivity contribution >= 4 is 11.8 Å². The zero-order valence-electron chi connectivity index (χ0n) is 10.7. The zero-order valence-corrected chi connectivity index (χ0v) is 11.5. The van der Waals surface area contributed by atoms with Gasteiger partial charge in [-0.2, -0.15) is 13.2 Å². The van der Waals surface area contributed by atoms with Crippen LogP contribution in [-0.2, 0) is 6.18 Å². The van der Waals surface area contributed by atoms with Crippen LogP contribution in [0.4, 0.5) is 17.6 Å². The minimum absolute atomic E-state index is 0.102. The quantitative estimate of drug-likeness (QED) is 0.650. The summed E-state index contributed by atoms with van der Waals surface area (Å²) in [6.07, 6.45) is -4.65. The van der Waals surface area contributed by atoms with E-state index >= 15 is 0 Å². The molecular weight excluding hydrogens is 264 g/mol. The van der Waals surface area contributed by atoms with Gasteiger partial charge in [0.15, 0.2) is 0 Å². The van der Waals surface area contributed by atoms with Crippen LogP contribution >= 0.6 is 11.8 Å². The van der Waals surface area contributed by atoms with Gasteiger partial charge in [0.25, 0.3) is 0 Å². The first-order chi connectivity index (χ1) is 8.02. The molecule has 0 aliphatic carbocycles. The second kappa shape index (κ2) is 5.11. The van der Waals surface area contributed by atoms with Crippen LogP contribution in [0.3, 0.4) is 0 Å². The molecule has 1 aromatic rings. The summed E-state index contributed by atoms with van der Waals surface area (Å²) in [7, 11) is 0. The first kappa shape index (κ1) is 15.3. The van der Waals surface area contributed by atoms with Crippen LogP contribution in [0.2, 0.25) is 0 Å². The summed E-state index contributed by atoms with van der Waals surface area (Å²) in [4.78, 5) is 0. The Bertz CT molecular complexity index is 418. The summed E-state index contributed by atoms with van der Waals surface area (Å²) in [5, 5.41) is -0.327. The van der Waals surface area contributed by atoms with Crippen molar-refractivity contribution < 1.29 is 17.6 Å². The molecule has 0 heterocycles. The van der Waals surface area contributed by atoms with E-state index in [1.54, 1.807) is 6.92 Å². The molecule has 0 aliphatic heterocycles. The molecule has 1 aromatic carbocycles. The number of halogens is 4. The van der Waals surface area contributed by atoms with Gasteiger partial charge in [-0.3, -0.25) is 0 Å². The molecule has 0 saturated carbocycles. The maximum atomic E-state index is 13.9. The Morgan fingerprint density at radius 3 is 2.11 bits per heavy atom. The second-order valence-electron chi connectivity index (χ2n) is 5.08. The van der Waals surface area contributed by atoms with Crippen LogP contribution in [0.15, 0.2) is 18.2 Å². The molecule has 0 aromatic heterocycles. The van der Waals surface area contributed by atoms with Gasteiger partial charge >= 0.3 is 6.18 Å². The normalized spacial score (nSPS) is 14.7. The fourth-order valence-electron chi connectivity index (χ4n) is 1.68. The number of thioether (sulfide) groups is 1. The first-order valence-electron chi connectivity index (χ1n) is 5.56. The van der Waals surface area contributed by atoms with Crippen LogP contribution < -0.4 is 0 Å². The van der Waals surface area contributed by atoms with Crippen LogP contribution in [0.5, 0.6) is 0 Å². The number of rotatable bonds is 2. The topological polar surface area (TPSA) is 0 Å². The number of benzene rings is 1. The summed E-state index contributed by atoms with van der Waals surface area (Å²) in [5.74, 6) is -1.16. The average Bonchev–Trinajstić information content (AvgIpc) is 2.12. The van der Waals surface area contributed by atoms with Crippen molar-refractivity contribution in [3.63, 3.8) is 0 Å². The monoisotopic (exact) mass is 280 g/mol. The van der Waals surface area contributed by atoms with Crippen LogP contribution in [0.25, 0.3) is 0 Å². The highest BCUT2D eigenvalue weighted by atomic mass is 32.2. The van der Waals surface area contributed by atoms with Gasteiger partial charge in [-0.25, -0.2) is 4.39 Å². The lowest BCUT2D eigenvalue weighted by Crippen LogP contribution is -2.13. The molecule has 0 bridgehead atoms. The van der Waals surface area contributed by atoms with Crippen LogP contribution in [0.1, 0.15) is 44.1 Å². The molecule has 0 N–H and O–H groups in total. The highest BCUT2D eigenvalue weighted by Gasteiger charge is 2.35. The van der Waals surface area contributed by atoms with E-state index in [0.29, 0.717) is 0 Å². The standard InChI is InChI=1S/C13H16F4S/c1-8(18-12(2,3)4)9-6-5-7-10(11(9)14)13(15,16)17/h5-8H,1-4H3/t8-/m1/s1. The Labute approximate surface area is 109 Å². The minimum Gasteiger partial charge on any atom is -0.206 e. The second-order valence-corrected chi connectivity index (χ2v) is 7.25. The summed E-state index contributed by atoms with van der Waals surface area (Å²) in [6, 6.07) is 3.43. The molecule has 0 spiro atoms. The Morgan fingerprint density at radius 1 is 1.11 bits per heavy atom. The summed E-state index contributed by atoms with van der Waals surface area (Å²) >= 11 is 1.44. The third-order valence-corrected chi connectivity index (χ3v) is 3.62. The molecule has 0 saturated heterocycles. The van der Waals surface area contributed by atoms with E-state index in [0.717, 1.165) is 6.07 Å². The van der Waals surface area contributed by atoms with Gasteiger partial charge in [-0.1, -0.05) is 32.9 Å². The summed E-state index contributed by atoms with van der Waals surface area (Å²) in [5.41, 5.74) is -1.09. The Hall–Kier alpha value is -0.710. The third kappa shape index (κ3) is 3.90. The largest absolute Gasteiger partial charge is 0.419 e. The Kier molecular flexibility index (Phi) is 4.36. The molecule has 0 amide bonds. The van der Waals surface area contributed by atoms with Gasteiger partial charge in [0.05, 0.1) is 5.56 Å². The molecule has 5 heteroatoms. The molecule has 1 rings (SSSR count). The molecule has 102 valence electrons. The van der Waals surface area contributed by atoms with Crippen molar-refractivity contribution in [2.24, 2.45) is 0 Å². The van der Waals surface area contributed by atoms with E-state index in [4.69, 9.17) is 0 Å². The molecule has 0 aliphatic rings. The molecule has 1 atom stereocenters. The van der Waals surface area contributed by atoms with E-state index in [-0.39, 0.29) is 15.6 Å². The first-order valence-corrected chi connectivity index (χ1v) is 6.44. The molecule has 0 unspecified atom stereocenters. The van der Waals surface area contributed by atoms with E-state index < -0.39 is 17.6 Å². The zero-order chi connectivity index (χ0) is 14.1. The van der Waals surface area contributed by atoms with Gasteiger partial charge in [0.2, 0.25) is 0 Å². The lowest BCUT2D eigenvalue weighted by atomic mass is 10.1.